The van der Waals surface area contributed by atoms with E-state index in [0.29, 0.717) is 29.5 Å². The summed E-state index contributed by atoms with van der Waals surface area (Å²) in [5.74, 6) is -1.64. The van der Waals surface area contributed by atoms with Gasteiger partial charge >= 0.3 is 4.87 Å². The van der Waals surface area contributed by atoms with Crippen molar-refractivity contribution in [1.82, 2.24) is 4.98 Å². The van der Waals surface area contributed by atoms with E-state index >= 15 is 0 Å². The lowest BCUT2D eigenvalue weighted by Crippen LogP contribution is -2.42. The smallest absolute Gasteiger partial charge is 0.305 e. The Kier molecular flexibility index (Phi) is 7.77. The highest BCUT2D eigenvalue weighted by Crippen LogP contribution is 2.68. The number of hydrogen-bond acceptors (Lipinski definition) is 8. The zero-order valence-corrected chi connectivity index (χ0v) is 29.0. The molecule has 6 unspecified atom stereocenters. The second-order valence-electron chi connectivity index (χ2n) is 13.5. The molecular formula is C39H32FN3O6S2. The molecule has 12 heteroatoms. The maximum atomic E-state index is 14.0. The first-order valence-corrected chi connectivity index (χ1v) is 18.7. The molecule has 5 aromatic rings. The molecule has 9 rings (SSSR count). The number of ether oxygens (including phenoxy) is 2. The summed E-state index contributed by atoms with van der Waals surface area (Å²) >= 11 is 2.79. The molecule has 2 bridgehead atoms. The van der Waals surface area contributed by atoms with Crippen LogP contribution >= 0.6 is 23.1 Å². The van der Waals surface area contributed by atoms with Crippen molar-refractivity contribution >= 4 is 63.0 Å². The van der Waals surface area contributed by atoms with Gasteiger partial charge in [-0.25, -0.2) is 4.39 Å². The Morgan fingerprint density at radius 1 is 0.922 bits per heavy atom. The standard InChI is InChI=1S/C39H32FN3O6S2/c1-2-48-28-16-20(10-15-27(28)49-18-29(44)41-26-9-5-7-19-6-3-4-8-23(19)26)30-31-24-17-25(34(31)50-36-35(30)51-39(47)42-36)33-32(24)37(45)43(38(33)46)22-13-11-21(40)12-14-22/h3-16,24-25,30-34H,2,17-18H2,1H3,(H,41,44)(H,42,47)/t24?,25?,30-,31?,32?,33?,34?/m1/s1. The molecule has 0 spiro atoms. The lowest BCUT2D eigenvalue weighted by atomic mass is 9.68. The third-order valence-electron chi connectivity index (χ3n) is 10.9. The second kappa shape index (κ2) is 12.4. The first-order valence-electron chi connectivity index (χ1n) is 17.0. The normalized spacial score (nSPS) is 25.8. The van der Waals surface area contributed by atoms with E-state index in [1.54, 1.807) is 17.8 Å². The minimum atomic E-state index is -0.483. The number of imide groups is 1. The third kappa shape index (κ3) is 5.18. The molecule has 1 aromatic heterocycles. The molecule has 7 atom stereocenters. The van der Waals surface area contributed by atoms with Gasteiger partial charge in [-0.1, -0.05) is 53.8 Å². The predicted octanol–water partition coefficient (Wildman–Crippen LogP) is 6.82. The number of H-pyrrole nitrogens is 1. The summed E-state index contributed by atoms with van der Waals surface area (Å²) in [6, 6.07) is 24.7. The molecule has 3 fully saturated rings. The molecule has 4 aromatic carbocycles. The summed E-state index contributed by atoms with van der Waals surface area (Å²) in [6.07, 6.45) is 0.743. The number of aromatic nitrogens is 1. The van der Waals surface area contributed by atoms with Gasteiger partial charge in [-0.05, 0) is 84.5 Å². The third-order valence-corrected chi connectivity index (χ3v) is 13.4. The molecule has 2 aliphatic carbocycles. The van der Waals surface area contributed by atoms with E-state index in [0.717, 1.165) is 32.7 Å². The van der Waals surface area contributed by atoms with E-state index < -0.39 is 17.7 Å². The largest absolute Gasteiger partial charge is 0.490 e. The fourth-order valence-corrected chi connectivity index (χ4v) is 11.9. The summed E-state index contributed by atoms with van der Waals surface area (Å²) in [6.45, 7) is 2.00. The summed E-state index contributed by atoms with van der Waals surface area (Å²) in [5, 5.41) is 5.71. The summed E-state index contributed by atoms with van der Waals surface area (Å²) in [5.41, 5.74) is 2.00. The highest BCUT2D eigenvalue weighted by Gasteiger charge is 2.69. The number of rotatable bonds is 8. The molecule has 2 N–H and O–H groups in total. The molecule has 1 saturated heterocycles. The average Bonchev–Trinajstić information content (AvgIpc) is 3.87. The van der Waals surface area contributed by atoms with E-state index in [9.17, 15) is 23.6 Å². The van der Waals surface area contributed by atoms with E-state index in [-0.39, 0.29) is 58.1 Å². The first kappa shape index (κ1) is 32.0. The van der Waals surface area contributed by atoms with Gasteiger partial charge < -0.3 is 19.8 Å². The zero-order chi connectivity index (χ0) is 35.0. The van der Waals surface area contributed by atoms with E-state index in [1.807, 2.05) is 61.5 Å². The Balaban J connectivity index is 1.01. The fraction of sp³-hybridized carbons (Fsp3) is 0.282. The maximum Gasteiger partial charge on any atom is 0.305 e. The number of thiazole rings is 1. The Labute approximate surface area is 300 Å². The van der Waals surface area contributed by atoms with E-state index in [2.05, 4.69) is 10.3 Å². The number of carbonyl (C=O) groups is 3. The molecule has 51 heavy (non-hydrogen) atoms. The topological polar surface area (TPSA) is 118 Å². The summed E-state index contributed by atoms with van der Waals surface area (Å²) < 4.78 is 25.8. The van der Waals surface area contributed by atoms with Gasteiger partial charge in [0, 0.05) is 27.1 Å². The Bertz CT molecular complexity index is 2280. The van der Waals surface area contributed by atoms with Gasteiger partial charge in [0.15, 0.2) is 18.1 Å². The van der Waals surface area contributed by atoms with Crippen molar-refractivity contribution in [3.8, 4) is 11.5 Å². The van der Waals surface area contributed by atoms with Crippen molar-refractivity contribution in [2.24, 2.45) is 29.6 Å². The predicted molar refractivity (Wildman–Crippen MR) is 193 cm³/mol. The SMILES string of the molecule is CCOc1cc([C@H]2c3sc(=O)[nH]c3SC3C4CC(C5C(=O)N(c6ccc(F)cc6)C(=O)C45)C32)ccc1OCC(=O)Nc1cccc2ccccc12. The van der Waals surface area contributed by atoms with Crippen molar-refractivity contribution in [1.29, 1.82) is 0 Å². The van der Waals surface area contributed by atoms with Crippen LogP contribution < -0.4 is 24.6 Å². The number of benzene rings is 4. The van der Waals surface area contributed by atoms with Crippen molar-refractivity contribution in [3.63, 3.8) is 0 Å². The van der Waals surface area contributed by atoms with Gasteiger partial charge in [0.05, 0.1) is 29.2 Å². The molecule has 0 radical (unpaired) electrons. The fourth-order valence-electron chi connectivity index (χ4n) is 9.00. The molecule has 2 saturated carbocycles. The molecule has 2 aliphatic heterocycles. The minimum absolute atomic E-state index is 0.00755. The highest BCUT2D eigenvalue weighted by molar-refractivity contribution is 8.00. The number of amides is 3. The number of halogens is 1. The molecule has 3 amide bonds. The van der Waals surface area contributed by atoms with Crippen molar-refractivity contribution < 1.29 is 28.2 Å². The number of carbonyl (C=O) groups excluding carboxylic acids is 3. The lowest BCUT2D eigenvalue weighted by molar-refractivity contribution is -0.123. The van der Waals surface area contributed by atoms with Crippen LogP contribution in [0.15, 0.2) is 94.7 Å². The van der Waals surface area contributed by atoms with Gasteiger partial charge in [0.1, 0.15) is 5.82 Å². The second-order valence-corrected chi connectivity index (χ2v) is 15.7. The number of hydrogen-bond donors (Lipinski definition) is 2. The number of aromatic amines is 1. The summed E-state index contributed by atoms with van der Waals surface area (Å²) in [4.78, 5) is 58.7. The van der Waals surface area contributed by atoms with Crippen LogP contribution in [0.5, 0.6) is 11.5 Å². The van der Waals surface area contributed by atoms with Gasteiger partial charge in [0.25, 0.3) is 5.91 Å². The van der Waals surface area contributed by atoms with Crippen LogP contribution in [-0.4, -0.2) is 41.2 Å². The van der Waals surface area contributed by atoms with Crippen molar-refractivity contribution in [2.45, 2.75) is 29.5 Å². The van der Waals surface area contributed by atoms with Crippen LogP contribution in [0.1, 0.15) is 29.7 Å². The average molecular weight is 722 g/mol. The van der Waals surface area contributed by atoms with Crippen molar-refractivity contribution in [3.05, 3.63) is 111 Å². The molecule has 9 nitrogen and oxygen atoms in total. The number of anilines is 2. The molecular weight excluding hydrogens is 690 g/mol. The van der Waals surface area contributed by atoms with Crippen LogP contribution in [0.2, 0.25) is 0 Å². The van der Waals surface area contributed by atoms with Crippen LogP contribution in [0.4, 0.5) is 15.8 Å². The number of thioether (sulfide) groups is 1. The first-order chi connectivity index (χ1) is 24.8. The zero-order valence-electron chi connectivity index (χ0n) is 27.3. The quantitative estimate of drug-likeness (QED) is 0.169. The van der Waals surface area contributed by atoms with Gasteiger partial charge in [-0.2, -0.15) is 0 Å². The van der Waals surface area contributed by atoms with Gasteiger partial charge in [-0.3, -0.25) is 24.1 Å². The van der Waals surface area contributed by atoms with Crippen LogP contribution in [-0.2, 0) is 14.4 Å². The Hall–Kier alpha value is -4.94. The molecule has 4 aliphatic rings. The summed E-state index contributed by atoms with van der Waals surface area (Å²) in [7, 11) is 0. The number of nitrogens with one attached hydrogen (secondary N) is 2. The Morgan fingerprint density at radius 2 is 1.69 bits per heavy atom. The van der Waals surface area contributed by atoms with Crippen LogP contribution in [0, 0.1) is 35.4 Å². The monoisotopic (exact) mass is 721 g/mol. The minimum Gasteiger partial charge on any atom is -0.490 e. The van der Waals surface area contributed by atoms with Gasteiger partial charge in [0.2, 0.25) is 11.8 Å². The van der Waals surface area contributed by atoms with Crippen molar-refractivity contribution in [2.75, 3.05) is 23.4 Å². The Morgan fingerprint density at radius 3 is 2.49 bits per heavy atom. The number of fused-ring (bicyclic) bond motifs is 10. The maximum absolute atomic E-state index is 14.0. The lowest BCUT2D eigenvalue weighted by Gasteiger charge is -2.43. The van der Waals surface area contributed by atoms with E-state index in [4.69, 9.17) is 9.47 Å². The van der Waals surface area contributed by atoms with Gasteiger partial charge in [-0.15, -0.1) is 11.8 Å². The number of nitrogens with zero attached hydrogens (tertiary/aromatic N) is 1. The van der Waals surface area contributed by atoms with Crippen LogP contribution in [0.3, 0.4) is 0 Å². The van der Waals surface area contributed by atoms with E-state index in [1.165, 1.54) is 40.5 Å². The molecule has 258 valence electrons. The van der Waals surface area contributed by atoms with Crippen LogP contribution in [0.25, 0.3) is 10.8 Å². The molecule has 3 heterocycles. The highest BCUT2D eigenvalue weighted by atomic mass is 32.2.